The van der Waals surface area contributed by atoms with Crippen LogP contribution in [-0.4, -0.2) is 33.2 Å². The van der Waals surface area contributed by atoms with Crippen LogP contribution in [0.1, 0.15) is 33.1 Å². The van der Waals surface area contributed by atoms with Crippen molar-refractivity contribution in [3.05, 3.63) is 22.7 Å². The number of amides is 1. The van der Waals surface area contributed by atoms with Crippen LogP contribution in [-0.2, 0) is 16.0 Å². The third-order valence-electron chi connectivity index (χ3n) is 3.22. The van der Waals surface area contributed by atoms with Crippen LogP contribution in [0.25, 0.3) is 11.5 Å². The normalized spacial score (nSPS) is 12.8. The van der Waals surface area contributed by atoms with Crippen LogP contribution in [0.3, 0.4) is 0 Å². The molecule has 0 fully saturated rings. The Morgan fingerprint density at radius 3 is 2.70 bits per heavy atom. The van der Waals surface area contributed by atoms with E-state index in [1.807, 2.05) is 16.8 Å². The second kappa shape index (κ2) is 6.91. The molecule has 2 aromatic heterocycles. The van der Waals surface area contributed by atoms with E-state index in [9.17, 15) is 14.7 Å². The maximum Gasteiger partial charge on any atom is 0.326 e. The topological polar surface area (TPSA) is 105 Å². The van der Waals surface area contributed by atoms with Crippen molar-refractivity contribution in [2.75, 3.05) is 0 Å². The maximum absolute atomic E-state index is 12.0. The summed E-state index contributed by atoms with van der Waals surface area (Å²) in [5.41, 5.74) is 0.273. The van der Waals surface area contributed by atoms with Crippen molar-refractivity contribution in [2.45, 2.75) is 39.7 Å². The molecule has 1 atom stereocenters. The van der Waals surface area contributed by atoms with Gasteiger partial charge in [0.25, 0.3) is 0 Å². The van der Waals surface area contributed by atoms with E-state index in [4.69, 9.17) is 4.42 Å². The average molecular weight is 337 g/mol. The van der Waals surface area contributed by atoms with Gasteiger partial charge in [-0.1, -0.05) is 20.8 Å². The lowest BCUT2D eigenvalue weighted by atomic mass is 9.86. The zero-order valence-corrected chi connectivity index (χ0v) is 14.0. The molecule has 0 radical (unpaired) electrons. The first-order valence-corrected chi connectivity index (χ1v) is 8.09. The number of carbonyl (C=O) groups excluding carboxylic acids is 1. The van der Waals surface area contributed by atoms with Gasteiger partial charge in [-0.2, -0.15) is 11.3 Å². The Morgan fingerprint density at radius 1 is 1.39 bits per heavy atom. The third kappa shape index (κ3) is 4.62. The fraction of sp³-hybridized carbons (Fsp3) is 0.467. The standard InChI is InChI=1S/C15H19N3O4S/c1-15(2,3)12(14(20)21)16-10(19)4-5-11-17-18-13(22-11)9-6-7-23-8-9/h6-8,12H,4-5H2,1-3H3,(H,16,19)(H,20,21)/t12-/m0/s1. The lowest BCUT2D eigenvalue weighted by Crippen LogP contribution is -2.49. The number of carboxylic acids is 1. The molecule has 0 saturated heterocycles. The molecule has 0 aliphatic carbocycles. The third-order valence-corrected chi connectivity index (χ3v) is 3.90. The summed E-state index contributed by atoms with van der Waals surface area (Å²) in [7, 11) is 0. The lowest BCUT2D eigenvalue weighted by molar-refractivity contribution is -0.144. The van der Waals surface area contributed by atoms with Crippen LogP contribution in [0.5, 0.6) is 0 Å². The minimum atomic E-state index is -1.05. The number of nitrogens with zero attached hydrogens (tertiary/aromatic N) is 2. The van der Waals surface area contributed by atoms with Crippen LogP contribution in [0.2, 0.25) is 0 Å². The molecule has 0 aromatic carbocycles. The second-order valence-electron chi connectivity index (χ2n) is 6.22. The van der Waals surface area contributed by atoms with Gasteiger partial charge in [0.05, 0.1) is 0 Å². The van der Waals surface area contributed by atoms with Crippen molar-refractivity contribution in [1.29, 1.82) is 0 Å². The highest BCUT2D eigenvalue weighted by Gasteiger charge is 2.32. The molecule has 8 heteroatoms. The van der Waals surface area contributed by atoms with Gasteiger partial charge in [-0.05, 0) is 16.9 Å². The van der Waals surface area contributed by atoms with Crippen LogP contribution < -0.4 is 5.32 Å². The Hall–Kier alpha value is -2.22. The molecule has 7 nitrogen and oxygen atoms in total. The van der Waals surface area contributed by atoms with E-state index < -0.39 is 17.4 Å². The summed E-state index contributed by atoms with van der Waals surface area (Å²) in [5.74, 6) is -0.644. The predicted molar refractivity (Wildman–Crippen MR) is 85.0 cm³/mol. The van der Waals surface area contributed by atoms with Gasteiger partial charge in [-0.25, -0.2) is 4.79 Å². The van der Waals surface area contributed by atoms with Crippen LogP contribution in [0.4, 0.5) is 0 Å². The fourth-order valence-electron chi connectivity index (χ4n) is 1.96. The molecular weight excluding hydrogens is 318 g/mol. The van der Waals surface area contributed by atoms with Crippen molar-refractivity contribution in [3.8, 4) is 11.5 Å². The van der Waals surface area contributed by atoms with Crippen LogP contribution in [0.15, 0.2) is 21.2 Å². The van der Waals surface area contributed by atoms with Gasteiger partial charge in [0.15, 0.2) is 0 Å². The fourth-order valence-corrected chi connectivity index (χ4v) is 2.59. The van der Waals surface area contributed by atoms with E-state index in [2.05, 4.69) is 15.5 Å². The molecule has 23 heavy (non-hydrogen) atoms. The molecule has 0 spiro atoms. The number of rotatable bonds is 6. The summed E-state index contributed by atoms with van der Waals surface area (Å²) >= 11 is 1.53. The number of nitrogens with one attached hydrogen (secondary N) is 1. The number of aromatic nitrogens is 2. The number of hydrogen-bond donors (Lipinski definition) is 2. The number of carboxylic acid groups (broad SMARTS) is 1. The van der Waals surface area contributed by atoms with Crippen molar-refractivity contribution in [2.24, 2.45) is 5.41 Å². The van der Waals surface area contributed by atoms with Gasteiger partial charge < -0.3 is 14.8 Å². The highest BCUT2D eigenvalue weighted by atomic mass is 32.1. The number of aryl methyl sites for hydroxylation is 1. The summed E-state index contributed by atoms with van der Waals surface area (Å²) in [4.78, 5) is 23.2. The molecule has 2 aromatic rings. The molecule has 0 bridgehead atoms. The van der Waals surface area contributed by atoms with E-state index in [0.717, 1.165) is 5.56 Å². The Bertz CT molecular complexity index is 673. The van der Waals surface area contributed by atoms with Gasteiger partial charge in [-0.3, -0.25) is 4.79 Å². The van der Waals surface area contributed by atoms with Gasteiger partial charge in [0.2, 0.25) is 17.7 Å². The van der Waals surface area contributed by atoms with E-state index in [1.54, 1.807) is 20.8 Å². The van der Waals surface area contributed by atoms with E-state index in [-0.39, 0.29) is 18.7 Å². The Kier molecular flexibility index (Phi) is 5.15. The minimum absolute atomic E-state index is 0.0884. The summed E-state index contributed by atoms with van der Waals surface area (Å²) in [6.45, 7) is 5.28. The Labute approximate surface area is 137 Å². The highest BCUT2D eigenvalue weighted by molar-refractivity contribution is 7.08. The van der Waals surface area contributed by atoms with Gasteiger partial charge in [-0.15, -0.1) is 10.2 Å². The van der Waals surface area contributed by atoms with Crippen LogP contribution in [0, 0.1) is 5.41 Å². The first-order chi connectivity index (χ1) is 10.8. The predicted octanol–water partition coefficient (Wildman–Crippen LogP) is 2.35. The molecule has 2 rings (SSSR count). The summed E-state index contributed by atoms with van der Waals surface area (Å²) in [6, 6.07) is 0.925. The number of aliphatic carboxylic acids is 1. The van der Waals surface area contributed by atoms with Crippen molar-refractivity contribution < 1.29 is 19.1 Å². The van der Waals surface area contributed by atoms with Crippen molar-refractivity contribution >= 4 is 23.2 Å². The van der Waals surface area contributed by atoms with Gasteiger partial charge in [0, 0.05) is 23.8 Å². The van der Waals surface area contributed by atoms with E-state index >= 15 is 0 Å². The maximum atomic E-state index is 12.0. The SMILES string of the molecule is CC(C)(C)[C@@H](NC(=O)CCc1nnc(-c2ccsc2)o1)C(=O)O. The largest absolute Gasteiger partial charge is 0.480 e. The molecule has 2 N–H and O–H groups in total. The monoisotopic (exact) mass is 337 g/mol. The molecule has 0 saturated carbocycles. The molecule has 0 aliphatic heterocycles. The first-order valence-electron chi connectivity index (χ1n) is 7.14. The Morgan fingerprint density at radius 2 is 2.13 bits per heavy atom. The molecule has 1 amide bonds. The highest BCUT2D eigenvalue weighted by Crippen LogP contribution is 2.21. The minimum Gasteiger partial charge on any atom is -0.480 e. The van der Waals surface area contributed by atoms with Crippen molar-refractivity contribution in [3.63, 3.8) is 0 Å². The smallest absolute Gasteiger partial charge is 0.326 e. The molecular formula is C15H19N3O4S. The zero-order chi connectivity index (χ0) is 17.0. The lowest BCUT2D eigenvalue weighted by Gasteiger charge is -2.27. The molecule has 0 aliphatic rings. The average Bonchev–Trinajstić information content (AvgIpc) is 3.11. The van der Waals surface area contributed by atoms with Gasteiger partial charge in [0.1, 0.15) is 6.04 Å². The number of carbonyl (C=O) groups is 2. The Balaban J connectivity index is 1.90. The number of thiophene rings is 1. The van der Waals surface area contributed by atoms with Crippen molar-refractivity contribution in [1.82, 2.24) is 15.5 Å². The van der Waals surface area contributed by atoms with Crippen LogP contribution >= 0.6 is 11.3 Å². The summed E-state index contributed by atoms with van der Waals surface area (Å²) in [5, 5.41) is 23.4. The van der Waals surface area contributed by atoms with Gasteiger partial charge >= 0.3 is 5.97 Å². The zero-order valence-electron chi connectivity index (χ0n) is 13.2. The molecule has 124 valence electrons. The quantitative estimate of drug-likeness (QED) is 0.838. The number of hydrogen-bond acceptors (Lipinski definition) is 6. The molecule has 2 heterocycles. The molecule has 0 unspecified atom stereocenters. The second-order valence-corrected chi connectivity index (χ2v) is 7.00. The first kappa shape index (κ1) is 17.1. The van der Waals surface area contributed by atoms with E-state index in [1.165, 1.54) is 11.3 Å². The summed E-state index contributed by atoms with van der Waals surface area (Å²) < 4.78 is 5.49. The van der Waals surface area contributed by atoms with E-state index in [0.29, 0.717) is 11.8 Å². The summed E-state index contributed by atoms with van der Waals surface area (Å²) in [6.07, 6.45) is 0.352.